The van der Waals surface area contributed by atoms with Crippen molar-refractivity contribution in [1.29, 1.82) is 0 Å². The zero-order valence-electron chi connectivity index (χ0n) is 17.3. The van der Waals surface area contributed by atoms with Gasteiger partial charge in [-0.2, -0.15) is 0 Å². The van der Waals surface area contributed by atoms with Crippen LogP contribution >= 0.6 is 0 Å². The van der Waals surface area contributed by atoms with E-state index in [0.29, 0.717) is 5.39 Å². The molecule has 1 aromatic heterocycles. The first-order valence-corrected chi connectivity index (χ1v) is 10.2. The lowest BCUT2D eigenvalue weighted by Gasteiger charge is -2.07. The minimum Gasteiger partial charge on any atom is -0.508 e. The van der Waals surface area contributed by atoms with Crippen molar-refractivity contribution in [1.82, 2.24) is 0 Å². The highest BCUT2D eigenvalue weighted by molar-refractivity contribution is 6.07. The number of aryl methyl sites for hydroxylation is 1. The Labute approximate surface area is 175 Å². The third kappa shape index (κ3) is 5.17. The maximum Gasteiger partial charge on any atom is 0.347 e. The summed E-state index contributed by atoms with van der Waals surface area (Å²) < 4.78 is 10.4. The van der Waals surface area contributed by atoms with E-state index in [1.807, 2.05) is 12.1 Å². The molecule has 1 N–H and O–H groups in total. The summed E-state index contributed by atoms with van der Waals surface area (Å²) in [5.41, 5.74) is 1.12. The lowest BCUT2D eigenvalue weighted by Crippen LogP contribution is -2.12. The molecule has 0 saturated carbocycles. The van der Waals surface area contributed by atoms with Gasteiger partial charge in [0.2, 0.25) is 0 Å². The number of benzene rings is 2. The van der Waals surface area contributed by atoms with Gasteiger partial charge in [-0.05, 0) is 54.3 Å². The zero-order chi connectivity index (χ0) is 21.5. The maximum absolute atomic E-state index is 12.6. The molecule has 0 bridgehead atoms. The second kappa shape index (κ2) is 9.92. The van der Waals surface area contributed by atoms with Crippen molar-refractivity contribution in [3.05, 3.63) is 75.7 Å². The van der Waals surface area contributed by atoms with Crippen LogP contribution in [0.4, 0.5) is 0 Å². The van der Waals surface area contributed by atoms with Gasteiger partial charge in [0.05, 0.1) is 7.11 Å². The lowest BCUT2D eigenvalue weighted by molar-refractivity contribution is 0.104. The molecule has 0 aliphatic carbocycles. The van der Waals surface area contributed by atoms with Crippen molar-refractivity contribution in [2.75, 3.05) is 7.11 Å². The first-order valence-electron chi connectivity index (χ1n) is 10.2. The van der Waals surface area contributed by atoms with Crippen molar-refractivity contribution >= 4 is 22.8 Å². The third-order valence-electron chi connectivity index (χ3n) is 5.04. The molecule has 156 valence electrons. The number of allylic oxidation sites excluding steroid dienone is 1. The number of carbonyl (C=O) groups is 1. The molecular formula is C25H26O5. The fourth-order valence-electron chi connectivity index (χ4n) is 3.29. The number of ketones is 1. The molecule has 0 aliphatic heterocycles. The van der Waals surface area contributed by atoms with Crippen LogP contribution in [-0.2, 0) is 6.42 Å². The number of aromatic hydroxyl groups is 1. The molecule has 3 rings (SSSR count). The number of methoxy groups -OCH3 is 1. The van der Waals surface area contributed by atoms with E-state index in [1.54, 1.807) is 31.4 Å². The van der Waals surface area contributed by atoms with Gasteiger partial charge in [0.25, 0.3) is 0 Å². The molecule has 0 fully saturated rings. The number of hydrogen-bond donors (Lipinski definition) is 1. The van der Waals surface area contributed by atoms with Gasteiger partial charge in [-0.25, -0.2) is 4.79 Å². The van der Waals surface area contributed by atoms with Gasteiger partial charge in [-0.3, -0.25) is 4.79 Å². The molecule has 0 radical (unpaired) electrons. The second-order valence-electron chi connectivity index (χ2n) is 7.25. The van der Waals surface area contributed by atoms with Crippen molar-refractivity contribution in [3.63, 3.8) is 0 Å². The van der Waals surface area contributed by atoms with E-state index in [2.05, 4.69) is 6.92 Å². The minimum absolute atomic E-state index is 0.0325. The molecule has 0 amide bonds. The van der Waals surface area contributed by atoms with Crippen LogP contribution in [0.25, 0.3) is 17.0 Å². The van der Waals surface area contributed by atoms with Crippen LogP contribution in [0.15, 0.2) is 57.8 Å². The fourth-order valence-corrected chi connectivity index (χ4v) is 3.29. The van der Waals surface area contributed by atoms with Gasteiger partial charge in [0.1, 0.15) is 22.6 Å². The van der Waals surface area contributed by atoms with Crippen LogP contribution in [0.5, 0.6) is 11.5 Å². The van der Waals surface area contributed by atoms with E-state index < -0.39 is 11.4 Å². The smallest absolute Gasteiger partial charge is 0.347 e. The Morgan fingerprint density at radius 2 is 1.87 bits per heavy atom. The van der Waals surface area contributed by atoms with Crippen molar-refractivity contribution in [2.24, 2.45) is 0 Å². The summed E-state index contributed by atoms with van der Waals surface area (Å²) >= 11 is 0. The average molecular weight is 406 g/mol. The number of phenolic OH excluding ortho intramolecular Hbond substituents is 1. The number of phenols is 1. The van der Waals surface area contributed by atoms with Crippen LogP contribution < -0.4 is 10.4 Å². The number of fused-ring (bicyclic) bond motifs is 1. The Balaban J connectivity index is 1.84. The van der Waals surface area contributed by atoms with Gasteiger partial charge in [0, 0.05) is 11.5 Å². The van der Waals surface area contributed by atoms with Crippen molar-refractivity contribution in [2.45, 2.75) is 39.0 Å². The number of rotatable bonds is 9. The number of unbranched alkanes of at least 4 members (excludes halogenated alkanes) is 3. The maximum atomic E-state index is 12.6. The molecule has 2 aromatic carbocycles. The van der Waals surface area contributed by atoms with E-state index in [0.717, 1.165) is 49.0 Å². The monoisotopic (exact) mass is 406 g/mol. The Morgan fingerprint density at radius 3 is 2.57 bits per heavy atom. The molecule has 0 unspecified atom stereocenters. The molecule has 1 heterocycles. The number of ether oxygens (including phenoxy) is 1. The molecule has 0 saturated heterocycles. The Kier molecular flexibility index (Phi) is 7.07. The van der Waals surface area contributed by atoms with Gasteiger partial charge in [-0.15, -0.1) is 0 Å². The minimum atomic E-state index is -0.720. The highest BCUT2D eigenvalue weighted by atomic mass is 16.5. The van der Waals surface area contributed by atoms with Crippen LogP contribution in [-0.4, -0.2) is 18.0 Å². The summed E-state index contributed by atoms with van der Waals surface area (Å²) in [6.07, 6.45) is 8.10. The zero-order valence-corrected chi connectivity index (χ0v) is 17.3. The summed E-state index contributed by atoms with van der Waals surface area (Å²) in [4.78, 5) is 24.9. The van der Waals surface area contributed by atoms with Crippen LogP contribution in [0.1, 0.15) is 54.1 Å². The van der Waals surface area contributed by atoms with E-state index in [9.17, 15) is 14.7 Å². The van der Waals surface area contributed by atoms with E-state index in [1.165, 1.54) is 18.2 Å². The largest absolute Gasteiger partial charge is 0.508 e. The molecule has 0 spiro atoms. The molecule has 0 atom stereocenters. The van der Waals surface area contributed by atoms with E-state index in [-0.39, 0.29) is 16.9 Å². The predicted octanol–water partition coefficient (Wildman–Crippen LogP) is 5.53. The first kappa shape index (κ1) is 21.4. The van der Waals surface area contributed by atoms with Crippen molar-refractivity contribution < 1.29 is 19.1 Å². The first-order chi connectivity index (χ1) is 14.5. The fraction of sp³-hybridized carbons (Fsp3) is 0.280. The van der Waals surface area contributed by atoms with E-state index in [4.69, 9.17) is 9.15 Å². The molecule has 30 heavy (non-hydrogen) atoms. The number of hydrogen-bond acceptors (Lipinski definition) is 5. The highest BCUT2D eigenvalue weighted by Crippen LogP contribution is 2.26. The molecule has 5 nitrogen and oxygen atoms in total. The van der Waals surface area contributed by atoms with Crippen LogP contribution in [0.3, 0.4) is 0 Å². The average Bonchev–Trinajstić information content (AvgIpc) is 2.75. The standard InChI is InChI=1S/C25H26O5/c1-3-4-5-6-7-18-14-19-15-21(25(28)30-24(19)16-23(18)27)22(26)13-10-17-8-11-20(29-2)12-9-17/h8-16,27H,3-7H2,1-2H3. The Morgan fingerprint density at radius 1 is 1.10 bits per heavy atom. The topological polar surface area (TPSA) is 76.7 Å². The van der Waals surface area contributed by atoms with Crippen molar-refractivity contribution in [3.8, 4) is 11.5 Å². The quantitative estimate of drug-likeness (QED) is 0.219. The molecule has 0 aliphatic rings. The summed E-state index contributed by atoms with van der Waals surface area (Å²) in [7, 11) is 1.59. The molecule has 5 heteroatoms. The molecule has 3 aromatic rings. The molecular weight excluding hydrogens is 380 g/mol. The predicted molar refractivity (Wildman–Crippen MR) is 118 cm³/mol. The SMILES string of the molecule is CCCCCCc1cc2cc(C(=O)C=Cc3ccc(OC)cc3)c(=O)oc2cc1O. The third-order valence-corrected chi connectivity index (χ3v) is 5.04. The van der Waals surface area contributed by atoms with Gasteiger partial charge in [0.15, 0.2) is 5.78 Å². The van der Waals surface area contributed by atoms with Crippen LogP contribution in [0.2, 0.25) is 0 Å². The number of carbonyl (C=O) groups excluding carboxylic acids is 1. The second-order valence-corrected chi connectivity index (χ2v) is 7.25. The lowest BCUT2D eigenvalue weighted by atomic mass is 10.0. The normalized spacial score (nSPS) is 11.3. The van der Waals surface area contributed by atoms with Crippen LogP contribution in [0, 0.1) is 0 Å². The van der Waals surface area contributed by atoms with Gasteiger partial charge in [-0.1, -0.05) is 44.4 Å². The van der Waals surface area contributed by atoms with Gasteiger partial charge >= 0.3 is 5.63 Å². The Hall–Kier alpha value is -3.34. The van der Waals surface area contributed by atoms with Gasteiger partial charge < -0.3 is 14.3 Å². The summed E-state index contributed by atoms with van der Waals surface area (Å²) in [6, 6.07) is 12.0. The summed E-state index contributed by atoms with van der Waals surface area (Å²) in [5.74, 6) is 0.405. The van der Waals surface area contributed by atoms with E-state index >= 15 is 0 Å². The summed E-state index contributed by atoms with van der Waals surface area (Å²) in [6.45, 7) is 2.15. The Bertz CT molecular complexity index is 1110. The highest BCUT2D eigenvalue weighted by Gasteiger charge is 2.13. The summed E-state index contributed by atoms with van der Waals surface area (Å²) in [5, 5.41) is 10.9.